The maximum absolute atomic E-state index is 6.53. The van der Waals surface area contributed by atoms with E-state index in [0.717, 1.165) is 29.2 Å². The monoisotopic (exact) mass is 354 g/mol. The fourth-order valence-corrected chi connectivity index (χ4v) is 4.44. The van der Waals surface area contributed by atoms with Crippen LogP contribution in [0.5, 0.6) is 11.5 Å². The first-order chi connectivity index (χ1) is 11.9. The van der Waals surface area contributed by atoms with Gasteiger partial charge >= 0.3 is 0 Å². The van der Waals surface area contributed by atoms with Crippen LogP contribution in [0, 0.1) is 13.8 Å². The third kappa shape index (κ3) is 2.37. The van der Waals surface area contributed by atoms with Crippen LogP contribution >= 0.6 is 12.2 Å². The molecule has 2 aliphatic heterocycles. The van der Waals surface area contributed by atoms with Crippen molar-refractivity contribution in [3.8, 4) is 11.5 Å². The Kier molecular flexibility index (Phi) is 3.65. The molecule has 4 rings (SSSR count). The second-order valence-corrected chi connectivity index (χ2v) is 7.32. The summed E-state index contributed by atoms with van der Waals surface area (Å²) in [6.07, 6.45) is 0.807. The van der Waals surface area contributed by atoms with E-state index >= 15 is 0 Å². The van der Waals surface area contributed by atoms with Gasteiger partial charge in [0, 0.05) is 12.0 Å². The molecule has 2 heterocycles. The van der Waals surface area contributed by atoms with Crippen LogP contribution < -0.4 is 19.7 Å². The van der Waals surface area contributed by atoms with Gasteiger partial charge in [-0.25, -0.2) is 0 Å². The molecule has 0 radical (unpaired) electrons. The van der Waals surface area contributed by atoms with Gasteiger partial charge in [0.1, 0.15) is 0 Å². The number of para-hydroxylation sites is 2. The molecule has 130 valence electrons. The van der Waals surface area contributed by atoms with Crippen molar-refractivity contribution in [3.05, 3.63) is 53.1 Å². The molecular weight excluding hydrogens is 332 g/mol. The van der Waals surface area contributed by atoms with Crippen LogP contribution in [0.15, 0.2) is 36.4 Å². The van der Waals surface area contributed by atoms with Gasteiger partial charge in [-0.05, 0) is 50.2 Å². The Labute approximate surface area is 153 Å². The minimum atomic E-state index is -0.564. The molecule has 4 nitrogen and oxygen atoms in total. The van der Waals surface area contributed by atoms with Crippen LogP contribution in [0.4, 0.5) is 5.69 Å². The summed E-state index contributed by atoms with van der Waals surface area (Å²) in [7, 11) is 1.67. The van der Waals surface area contributed by atoms with Gasteiger partial charge in [-0.1, -0.05) is 30.3 Å². The summed E-state index contributed by atoms with van der Waals surface area (Å²) in [5.41, 5.74) is 4.00. The van der Waals surface area contributed by atoms with E-state index in [0.29, 0.717) is 5.11 Å². The van der Waals surface area contributed by atoms with Crippen molar-refractivity contribution in [1.82, 2.24) is 5.32 Å². The minimum absolute atomic E-state index is 0.122. The third-order valence-electron chi connectivity index (χ3n) is 5.15. The van der Waals surface area contributed by atoms with E-state index < -0.39 is 5.72 Å². The molecular formula is C20H22N2O2S. The molecule has 2 aliphatic rings. The predicted octanol–water partition coefficient (Wildman–Crippen LogP) is 4.25. The summed E-state index contributed by atoms with van der Waals surface area (Å²) in [4.78, 5) is 2.12. The van der Waals surface area contributed by atoms with Gasteiger partial charge < -0.3 is 14.8 Å². The zero-order valence-electron chi connectivity index (χ0n) is 14.9. The quantitative estimate of drug-likeness (QED) is 0.816. The molecule has 2 unspecified atom stereocenters. The molecule has 0 amide bonds. The number of anilines is 1. The van der Waals surface area contributed by atoms with E-state index in [1.807, 2.05) is 12.1 Å². The molecule has 2 bridgehead atoms. The number of hydrogen-bond acceptors (Lipinski definition) is 3. The summed E-state index contributed by atoms with van der Waals surface area (Å²) >= 11 is 5.75. The average molecular weight is 354 g/mol. The predicted molar refractivity (Wildman–Crippen MR) is 104 cm³/mol. The van der Waals surface area contributed by atoms with E-state index in [1.165, 1.54) is 11.1 Å². The fraction of sp³-hybridized carbons (Fsp3) is 0.350. The Morgan fingerprint density at radius 3 is 2.56 bits per heavy atom. The molecule has 0 aromatic heterocycles. The number of nitrogens with zero attached hydrogens (tertiary/aromatic N) is 1. The Hall–Kier alpha value is -2.27. The molecule has 25 heavy (non-hydrogen) atoms. The van der Waals surface area contributed by atoms with Crippen LogP contribution in [-0.2, 0) is 0 Å². The Morgan fingerprint density at radius 2 is 1.88 bits per heavy atom. The number of benzene rings is 2. The van der Waals surface area contributed by atoms with Gasteiger partial charge in [-0.3, -0.25) is 4.90 Å². The topological polar surface area (TPSA) is 33.7 Å². The van der Waals surface area contributed by atoms with Crippen LogP contribution in [0.2, 0.25) is 0 Å². The number of fused-ring (bicyclic) bond motifs is 4. The van der Waals surface area contributed by atoms with E-state index in [-0.39, 0.29) is 6.04 Å². The zero-order chi connectivity index (χ0) is 17.8. The lowest BCUT2D eigenvalue weighted by Crippen LogP contribution is -2.65. The first kappa shape index (κ1) is 16.2. The molecule has 0 aliphatic carbocycles. The van der Waals surface area contributed by atoms with Gasteiger partial charge in [0.25, 0.3) is 0 Å². The van der Waals surface area contributed by atoms with Gasteiger partial charge in [0.2, 0.25) is 0 Å². The SMILES string of the molecule is COc1cccc2c1OC1(C)CC2NC(=S)N1c1c(C)cccc1C. The summed E-state index contributed by atoms with van der Waals surface area (Å²) < 4.78 is 12.1. The lowest BCUT2D eigenvalue weighted by Gasteiger charge is -2.52. The highest BCUT2D eigenvalue weighted by atomic mass is 32.1. The number of thiocarbonyl (C=S) groups is 1. The van der Waals surface area contributed by atoms with Crippen LogP contribution in [0.25, 0.3) is 0 Å². The Morgan fingerprint density at radius 1 is 1.20 bits per heavy atom. The molecule has 1 saturated heterocycles. The van der Waals surface area contributed by atoms with Crippen LogP contribution in [0.1, 0.15) is 36.1 Å². The second-order valence-electron chi connectivity index (χ2n) is 6.94. The van der Waals surface area contributed by atoms with Crippen LogP contribution in [0.3, 0.4) is 0 Å². The first-order valence-corrected chi connectivity index (χ1v) is 8.88. The molecule has 1 fully saturated rings. The van der Waals surface area contributed by atoms with E-state index in [9.17, 15) is 0 Å². The normalized spacial score (nSPS) is 24.2. The molecule has 0 spiro atoms. The van der Waals surface area contributed by atoms with Crippen molar-refractivity contribution in [3.63, 3.8) is 0 Å². The van der Waals surface area contributed by atoms with E-state index in [1.54, 1.807) is 7.11 Å². The fourth-order valence-electron chi connectivity index (χ4n) is 4.02. The Bertz CT molecular complexity index is 847. The third-order valence-corrected chi connectivity index (χ3v) is 5.45. The summed E-state index contributed by atoms with van der Waals surface area (Å²) in [5.74, 6) is 1.56. The van der Waals surface area contributed by atoms with Gasteiger partial charge in [-0.15, -0.1) is 0 Å². The van der Waals surface area contributed by atoms with Crippen molar-refractivity contribution in [2.75, 3.05) is 12.0 Å². The zero-order valence-corrected chi connectivity index (χ0v) is 15.7. The van der Waals surface area contributed by atoms with E-state index in [4.69, 9.17) is 21.7 Å². The van der Waals surface area contributed by atoms with Crippen molar-refractivity contribution >= 4 is 23.0 Å². The Balaban J connectivity index is 1.87. The number of rotatable bonds is 2. The van der Waals surface area contributed by atoms with Gasteiger partial charge in [-0.2, -0.15) is 0 Å². The lowest BCUT2D eigenvalue weighted by molar-refractivity contribution is 0.0462. The largest absolute Gasteiger partial charge is 0.493 e. The highest BCUT2D eigenvalue weighted by Crippen LogP contribution is 2.49. The highest BCUT2D eigenvalue weighted by Gasteiger charge is 2.49. The van der Waals surface area contributed by atoms with Crippen LogP contribution in [-0.4, -0.2) is 17.9 Å². The molecule has 2 aromatic carbocycles. The smallest absolute Gasteiger partial charge is 0.188 e. The summed E-state index contributed by atoms with van der Waals surface area (Å²) in [6.45, 7) is 6.32. The number of hydrogen-bond donors (Lipinski definition) is 1. The van der Waals surface area contributed by atoms with E-state index in [2.05, 4.69) is 55.3 Å². The number of aryl methyl sites for hydroxylation is 2. The number of methoxy groups -OCH3 is 1. The molecule has 1 N–H and O–H groups in total. The van der Waals surface area contributed by atoms with Crippen molar-refractivity contribution in [2.45, 2.75) is 39.0 Å². The second kappa shape index (κ2) is 5.63. The molecule has 0 saturated carbocycles. The molecule has 2 atom stereocenters. The number of nitrogens with one attached hydrogen (secondary N) is 1. The first-order valence-electron chi connectivity index (χ1n) is 8.47. The summed E-state index contributed by atoms with van der Waals surface area (Å²) in [6, 6.07) is 12.4. The summed E-state index contributed by atoms with van der Waals surface area (Å²) in [5, 5.41) is 4.20. The minimum Gasteiger partial charge on any atom is -0.493 e. The molecule has 5 heteroatoms. The maximum Gasteiger partial charge on any atom is 0.188 e. The number of ether oxygens (including phenoxy) is 2. The maximum atomic E-state index is 6.53. The van der Waals surface area contributed by atoms with Gasteiger partial charge in [0.15, 0.2) is 22.3 Å². The van der Waals surface area contributed by atoms with Gasteiger partial charge in [0.05, 0.1) is 18.8 Å². The van der Waals surface area contributed by atoms with Crippen molar-refractivity contribution in [1.29, 1.82) is 0 Å². The highest BCUT2D eigenvalue weighted by molar-refractivity contribution is 7.80. The van der Waals surface area contributed by atoms with Crippen molar-refractivity contribution in [2.24, 2.45) is 0 Å². The molecule has 2 aromatic rings. The lowest BCUT2D eigenvalue weighted by atomic mass is 9.89. The van der Waals surface area contributed by atoms with Crippen molar-refractivity contribution < 1.29 is 9.47 Å². The standard InChI is InChI=1S/C20H22N2O2S/c1-12-7-5-8-13(2)17(12)22-19(25)21-15-11-20(22,3)24-18-14(15)9-6-10-16(18)23-4/h5-10,15H,11H2,1-4H3,(H,21,25). The average Bonchev–Trinajstić information content (AvgIpc) is 2.56.